The maximum atomic E-state index is 5.86. The normalized spacial score (nSPS) is 10.5. The third-order valence-corrected chi connectivity index (χ3v) is 4.18. The highest BCUT2D eigenvalue weighted by Crippen LogP contribution is 2.36. The van der Waals surface area contributed by atoms with Crippen molar-refractivity contribution in [1.82, 2.24) is 5.32 Å². The number of methoxy groups -OCH3 is 1. The Labute approximate surface area is 152 Å². The SMILES string of the molecule is CNCc1cc(Br)c(OCCOc2ccc(C)cc2C)c(OC)c1. The van der Waals surface area contributed by atoms with Gasteiger partial charge in [0, 0.05) is 6.54 Å². The topological polar surface area (TPSA) is 39.7 Å². The highest BCUT2D eigenvalue weighted by molar-refractivity contribution is 9.10. The molecule has 0 unspecified atom stereocenters. The molecule has 0 fully saturated rings. The molecule has 0 aliphatic rings. The van der Waals surface area contributed by atoms with Crippen LogP contribution in [0.1, 0.15) is 16.7 Å². The molecule has 2 aromatic rings. The average Bonchev–Trinajstić information content (AvgIpc) is 2.54. The lowest BCUT2D eigenvalue weighted by molar-refractivity contribution is 0.209. The van der Waals surface area contributed by atoms with Gasteiger partial charge in [0.25, 0.3) is 0 Å². The Morgan fingerprint density at radius 2 is 1.75 bits per heavy atom. The summed E-state index contributed by atoms with van der Waals surface area (Å²) in [5.41, 5.74) is 3.48. The molecule has 0 aromatic heterocycles. The number of halogens is 1. The van der Waals surface area contributed by atoms with Crippen molar-refractivity contribution < 1.29 is 14.2 Å². The van der Waals surface area contributed by atoms with Crippen molar-refractivity contribution in [3.8, 4) is 17.2 Å². The Bertz CT molecular complexity index is 689. The van der Waals surface area contributed by atoms with Crippen molar-refractivity contribution in [3.63, 3.8) is 0 Å². The van der Waals surface area contributed by atoms with E-state index in [1.165, 1.54) is 5.56 Å². The zero-order valence-corrected chi connectivity index (χ0v) is 16.2. The van der Waals surface area contributed by atoms with Crippen LogP contribution in [0.3, 0.4) is 0 Å². The summed E-state index contributed by atoms with van der Waals surface area (Å²) in [6.07, 6.45) is 0. The molecule has 0 saturated heterocycles. The molecule has 0 saturated carbocycles. The van der Waals surface area contributed by atoms with Crippen LogP contribution in [0.4, 0.5) is 0 Å². The highest BCUT2D eigenvalue weighted by Gasteiger charge is 2.11. The molecule has 1 N–H and O–H groups in total. The number of benzene rings is 2. The van der Waals surface area contributed by atoms with Gasteiger partial charge in [0.05, 0.1) is 11.6 Å². The molecule has 0 spiro atoms. The van der Waals surface area contributed by atoms with Crippen LogP contribution in [0, 0.1) is 13.8 Å². The van der Waals surface area contributed by atoms with E-state index in [4.69, 9.17) is 14.2 Å². The largest absolute Gasteiger partial charge is 0.493 e. The van der Waals surface area contributed by atoms with E-state index in [0.29, 0.717) is 24.7 Å². The number of ether oxygens (including phenoxy) is 3. The van der Waals surface area contributed by atoms with Crippen LogP contribution in [-0.4, -0.2) is 27.4 Å². The molecular formula is C19H24BrNO3. The van der Waals surface area contributed by atoms with Gasteiger partial charge in [-0.05, 0) is 66.2 Å². The molecule has 0 radical (unpaired) electrons. The Balaban J connectivity index is 1.96. The standard InChI is InChI=1S/C19H24BrNO3/c1-13-5-6-17(14(2)9-13)23-7-8-24-19-16(20)10-15(12-21-3)11-18(19)22-4/h5-6,9-11,21H,7-8,12H2,1-4H3. The first kappa shape index (κ1) is 18.6. The first-order chi connectivity index (χ1) is 11.5. The molecule has 0 heterocycles. The Morgan fingerprint density at radius 1 is 1.00 bits per heavy atom. The van der Waals surface area contributed by atoms with Crippen molar-refractivity contribution in [3.05, 3.63) is 51.5 Å². The van der Waals surface area contributed by atoms with Crippen molar-refractivity contribution >= 4 is 15.9 Å². The van der Waals surface area contributed by atoms with Gasteiger partial charge in [-0.3, -0.25) is 0 Å². The molecule has 24 heavy (non-hydrogen) atoms. The molecule has 0 aliphatic heterocycles. The minimum atomic E-state index is 0.438. The molecule has 130 valence electrons. The van der Waals surface area contributed by atoms with E-state index >= 15 is 0 Å². The van der Waals surface area contributed by atoms with Crippen LogP contribution in [0.2, 0.25) is 0 Å². The third-order valence-electron chi connectivity index (χ3n) is 3.59. The summed E-state index contributed by atoms with van der Waals surface area (Å²) in [7, 11) is 3.55. The van der Waals surface area contributed by atoms with Gasteiger partial charge in [-0.15, -0.1) is 0 Å². The van der Waals surface area contributed by atoms with Gasteiger partial charge in [0.1, 0.15) is 19.0 Å². The van der Waals surface area contributed by atoms with Crippen LogP contribution in [0.25, 0.3) is 0 Å². The number of nitrogens with one attached hydrogen (secondary N) is 1. The fraction of sp³-hybridized carbons (Fsp3) is 0.368. The zero-order valence-electron chi connectivity index (χ0n) is 14.6. The lowest BCUT2D eigenvalue weighted by atomic mass is 10.1. The Kier molecular flexibility index (Phi) is 6.94. The fourth-order valence-electron chi connectivity index (χ4n) is 2.48. The molecule has 2 rings (SSSR count). The average molecular weight is 394 g/mol. The minimum absolute atomic E-state index is 0.438. The molecule has 0 atom stereocenters. The minimum Gasteiger partial charge on any atom is -0.493 e. The second-order valence-corrected chi connectivity index (χ2v) is 6.46. The van der Waals surface area contributed by atoms with E-state index in [-0.39, 0.29) is 0 Å². The first-order valence-electron chi connectivity index (χ1n) is 7.89. The molecule has 0 bridgehead atoms. The molecule has 5 heteroatoms. The third kappa shape index (κ3) is 4.89. The Hall–Kier alpha value is -1.72. The van der Waals surface area contributed by atoms with Crippen molar-refractivity contribution in [1.29, 1.82) is 0 Å². The monoisotopic (exact) mass is 393 g/mol. The van der Waals surface area contributed by atoms with Gasteiger partial charge in [-0.2, -0.15) is 0 Å². The van der Waals surface area contributed by atoms with Gasteiger partial charge >= 0.3 is 0 Å². The van der Waals surface area contributed by atoms with Gasteiger partial charge in [-0.1, -0.05) is 17.7 Å². The molecule has 0 aliphatic carbocycles. The summed E-state index contributed by atoms with van der Waals surface area (Å²) in [6, 6.07) is 10.1. The number of hydrogen-bond donors (Lipinski definition) is 1. The predicted octanol–water partition coefficient (Wildman–Crippen LogP) is 4.25. The molecule has 2 aromatic carbocycles. The van der Waals surface area contributed by atoms with Crippen LogP contribution in [0.15, 0.2) is 34.8 Å². The molecule has 0 amide bonds. The summed E-state index contributed by atoms with van der Waals surface area (Å²) in [6.45, 7) is 5.79. The summed E-state index contributed by atoms with van der Waals surface area (Å²) < 4.78 is 18.0. The second kappa shape index (κ2) is 8.94. The number of aryl methyl sites for hydroxylation is 2. The van der Waals surface area contributed by atoms with Crippen LogP contribution >= 0.6 is 15.9 Å². The summed E-state index contributed by atoms with van der Waals surface area (Å²) >= 11 is 3.55. The second-order valence-electron chi connectivity index (χ2n) is 5.61. The fourth-order valence-corrected chi connectivity index (χ4v) is 3.08. The predicted molar refractivity (Wildman–Crippen MR) is 100 cm³/mol. The van der Waals surface area contributed by atoms with E-state index in [2.05, 4.69) is 34.2 Å². The summed E-state index contributed by atoms with van der Waals surface area (Å²) in [5, 5.41) is 3.12. The number of hydrogen-bond acceptors (Lipinski definition) is 4. The van der Waals surface area contributed by atoms with Gasteiger partial charge < -0.3 is 19.5 Å². The maximum absolute atomic E-state index is 5.86. The first-order valence-corrected chi connectivity index (χ1v) is 8.68. The smallest absolute Gasteiger partial charge is 0.175 e. The summed E-state index contributed by atoms with van der Waals surface area (Å²) in [5.74, 6) is 2.29. The van der Waals surface area contributed by atoms with Gasteiger partial charge in [-0.25, -0.2) is 0 Å². The number of rotatable bonds is 8. The van der Waals surface area contributed by atoms with Gasteiger partial charge in [0.2, 0.25) is 0 Å². The maximum Gasteiger partial charge on any atom is 0.175 e. The van der Waals surface area contributed by atoms with Crippen LogP contribution in [0.5, 0.6) is 17.2 Å². The molecular weight excluding hydrogens is 370 g/mol. The molecule has 4 nitrogen and oxygen atoms in total. The van der Waals surface area contributed by atoms with E-state index in [1.807, 2.05) is 38.2 Å². The van der Waals surface area contributed by atoms with Crippen molar-refractivity contribution in [2.75, 3.05) is 27.4 Å². The van der Waals surface area contributed by atoms with Crippen LogP contribution in [-0.2, 0) is 6.54 Å². The lowest BCUT2D eigenvalue weighted by Crippen LogP contribution is -2.11. The van der Waals surface area contributed by atoms with Crippen molar-refractivity contribution in [2.24, 2.45) is 0 Å². The van der Waals surface area contributed by atoms with Crippen molar-refractivity contribution in [2.45, 2.75) is 20.4 Å². The lowest BCUT2D eigenvalue weighted by Gasteiger charge is -2.15. The Morgan fingerprint density at radius 3 is 2.42 bits per heavy atom. The van der Waals surface area contributed by atoms with E-state index in [0.717, 1.165) is 27.9 Å². The van der Waals surface area contributed by atoms with E-state index < -0.39 is 0 Å². The zero-order chi connectivity index (χ0) is 17.5. The van der Waals surface area contributed by atoms with E-state index in [1.54, 1.807) is 7.11 Å². The van der Waals surface area contributed by atoms with E-state index in [9.17, 15) is 0 Å². The van der Waals surface area contributed by atoms with Gasteiger partial charge in [0.15, 0.2) is 11.5 Å². The quantitative estimate of drug-likeness (QED) is 0.680. The highest BCUT2D eigenvalue weighted by atomic mass is 79.9. The summed E-state index contributed by atoms with van der Waals surface area (Å²) in [4.78, 5) is 0. The van der Waals surface area contributed by atoms with Crippen LogP contribution < -0.4 is 19.5 Å².